The average molecular weight is 358 g/mol. The predicted molar refractivity (Wildman–Crippen MR) is 101 cm³/mol. The van der Waals surface area contributed by atoms with Crippen LogP contribution in [0.25, 0.3) is 0 Å². The van der Waals surface area contributed by atoms with Crippen molar-refractivity contribution >= 4 is 6.03 Å². The molecule has 6 nitrogen and oxygen atoms in total. The second kappa shape index (κ2) is 10.9. The third-order valence-corrected chi connectivity index (χ3v) is 3.58. The van der Waals surface area contributed by atoms with Crippen LogP contribution in [0.3, 0.4) is 0 Å². The fourth-order valence-electron chi connectivity index (χ4n) is 2.30. The highest BCUT2D eigenvalue weighted by Crippen LogP contribution is 2.25. The van der Waals surface area contributed by atoms with Crippen LogP contribution in [-0.2, 0) is 0 Å². The van der Waals surface area contributed by atoms with Crippen LogP contribution in [-0.4, -0.2) is 39.4 Å². The molecule has 0 atom stereocenters. The summed E-state index contributed by atoms with van der Waals surface area (Å²) in [7, 11) is 1.59. The summed E-state index contributed by atoms with van der Waals surface area (Å²) in [5.74, 6) is 2.18. The fraction of sp³-hybridized carbons (Fsp3) is 0.350. The summed E-state index contributed by atoms with van der Waals surface area (Å²) in [6, 6.07) is 15.1. The van der Waals surface area contributed by atoms with Crippen LogP contribution in [0, 0.1) is 6.92 Å². The molecule has 2 amide bonds. The molecule has 0 unspecified atom stereocenters. The lowest BCUT2D eigenvalue weighted by Gasteiger charge is -2.11. The molecular weight excluding hydrogens is 332 g/mol. The van der Waals surface area contributed by atoms with Gasteiger partial charge < -0.3 is 24.8 Å². The number of methoxy groups -OCH3 is 1. The number of benzene rings is 2. The number of urea groups is 1. The van der Waals surface area contributed by atoms with E-state index in [0.717, 1.165) is 17.7 Å². The molecule has 0 heterocycles. The van der Waals surface area contributed by atoms with Crippen molar-refractivity contribution < 1.29 is 19.0 Å². The van der Waals surface area contributed by atoms with E-state index in [-0.39, 0.29) is 6.03 Å². The van der Waals surface area contributed by atoms with E-state index in [1.54, 1.807) is 7.11 Å². The van der Waals surface area contributed by atoms with Gasteiger partial charge in [-0.05, 0) is 43.2 Å². The highest BCUT2D eigenvalue weighted by atomic mass is 16.5. The number of nitrogens with one attached hydrogen (secondary N) is 2. The van der Waals surface area contributed by atoms with Crippen molar-refractivity contribution in [3.8, 4) is 17.2 Å². The van der Waals surface area contributed by atoms with E-state index in [1.165, 1.54) is 0 Å². The Morgan fingerprint density at radius 3 is 2.46 bits per heavy atom. The van der Waals surface area contributed by atoms with Gasteiger partial charge in [0.25, 0.3) is 0 Å². The average Bonchev–Trinajstić information content (AvgIpc) is 2.65. The first-order chi connectivity index (χ1) is 12.7. The standard InChI is InChI=1S/C20H26N2O4/c1-16-7-5-8-17(15-16)25-13-6-11-21-20(23)22-12-14-26-19-10-4-3-9-18(19)24-2/h3-5,7-10,15H,6,11-14H2,1-2H3,(H2,21,22,23). The summed E-state index contributed by atoms with van der Waals surface area (Å²) >= 11 is 0. The number of carbonyl (C=O) groups excluding carboxylic acids is 1. The van der Waals surface area contributed by atoms with E-state index in [4.69, 9.17) is 14.2 Å². The lowest BCUT2D eigenvalue weighted by atomic mass is 10.2. The van der Waals surface area contributed by atoms with Crippen molar-refractivity contribution in [2.45, 2.75) is 13.3 Å². The first kappa shape index (κ1) is 19.4. The van der Waals surface area contributed by atoms with E-state index in [2.05, 4.69) is 10.6 Å². The van der Waals surface area contributed by atoms with Gasteiger partial charge in [-0.2, -0.15) is 0 Å². The maximum atomic E-state index is 11.7. The zero-order valence-corrected chi connectivity index (χ0v) is 15.3. The lowest BCUT2D eigenvalue weighted by Crippen LogP contribution is -2.38. The number of hydrogen-bond donors (Lipinski definition) is 2. The molecule has 0 bridgehead atoms. The van der Waals surface area contributed by atoms with E-state index in [0.29, 0.717) is 37.8 Å². The molecule has 0 spiro atoms. The molecule has 2 N–H and O–H groups in total. The largest absolute Gasteiger partial charge is 0.494 e. The summed E-state index contributed by atoms with van der Waals surface area (Å²) in [5.41, 5.74) is 1.16. The monoisotopic (exact) mass is 358 g/mol. The maximum absolute atomic E-state index is 11.7. The molecule has 26 heavy (non-hydrogen) atoms. The zero-order valence-electron chi connectivity index (χ0n) is 15.3. The number of carbonyl (C=O) groups is 1. The minimum absolute atomic E-state index is 0.218. The summed E-state index contributed by atoms with van der Waals surface area (Å²) < 4.78 is 16.4. The molecule has 2 aromatic carbocycles. The first-order valence-corrected chi connectivity index (χ1v) is 8.66. The second-order valence-corrected chi connectivity index (χ2v) is 5.70. The number of ether oxygens (including phenoxy) is 3. The minimum Gasteiger partial charge on any atom is -0.494 e. The topological polar surface area (TPSA) is 68.8 Å². The van der Waals surface area contributed by atoms with Gasteiger partial charge in [-0.15, -0.1) is 0 Å². The van der Waals surface area contributed by atoms with Gasteiger partial charge in [0.2, 0.25) is 0 Å². The first-order valence-electron chi connectivity index (χ1n) is 8.66. The van der Waals surface area contributed by atoms with Gasteiger partial charge in [0, 0.05) is 6.54 Å². The Labute approximate surface area is 154 Å². The highest BCUT2D eigenvalue weighted by molar-refractivity contribution is 5.73. The van der Waals surface area contributed by atoms with Gasteiger partial charge in [-0.3, -0.25) is 0 Å². The van der Waals surface area contributed by atoms with E-state index in [9.17, 15) is 4.79 Å². The summed E-state index contributed by atoms with van der Waals surface area (Å²) in [5, 5.41) is 5.54. The van der Waals surface area contributed by atoms with Gasteiger partial charge in [-0.25, -0.2) is 4.79 Å². The Balaban J connectivity index is 1.52. The van der Waals surface area contributed by atoms with Gasteiger partial charge >= 0.3 is 6.03 Å². The van der Waals surface area contributed by atoms with Gasteiger partial charge in [0.15, 0.2) is 11.5 Å². The van der Waals surface area contributed by atoms with Crippen molar-refractivity contribution in [2.24, 2.45) is 0 Å². The van der Waals surface area contributed by atoms with Crippen LogP contribution in [0.4, 0.5) is 4.79 Å². The Hall–Kier alpha value is -2.89. The normalized spacial score (nSPS) is 10.1. The Bertz CT molecular complexity index is 691. The van der Waals surface area contributed by atoms with Crippen LogP contribution in [0.5, 0.6) is 17.2 Å². The third-order valence-electron chi connectivity index (χ3n) is 3.58. The highest BCUT2D eigenvalue weighted by Gasteiger charge is 2.03. The predicted octanol–water partition coefficient (Wildman–Crippen LogP) is 3.15. The Kier molecular flexibility index (Phi) is 8.12. The van der Waals surface area contributed by atoms with Crippen molar-refractivity contribution in [1.29, 1.82) is 0 Å². The molecule has 0 saturated heterocycles. The van der Waals surface area contributed by atoms with Crippen molar-refractivity contribution in [3.05, 3.63) is 54.1 Å². The lowest BCUT2D eigenvalue weighted by molar-refractivity contribution is 0.234. The molecule has 140 valence electrons. The number of amides is 2. The number of hydrogen-bond acceptors (Lipinski definition) is 4. The molecule has 0 aromatic heterocycles. The van der Waals surface area contributed by atoms with Crippen molar-refractivity contribution in [2.75, 3.05) is 33.4 Å². The van der Waals surface area contributed by atoms with Crippen LogP contribution in [0.1, 0.15) is 12.0 Å². The summed E-state index contributed by atoms with van der Waals surface area (Å²) in [4.78, 5) is 11.7. The number of para-hydroxylation sites is 2. The SMILES string of the molecule is COc1ccccc1OCCNC(=O)NCCCOc1cccc(C)c1. The Morgan fingerprint density at radius 2 is 1.69 bits per heavy atom. The van der Waals surface area contributed by atoms with Gasteiger partial charge in [0.05, 0.1) is 20.3 Å². The van der Waals surface area contributed by atoms with Crippen LogP contribution in [0.15, 0.2) is 48.5 Å². The summed E-state index contributed by atoms with van der Waals surface area (Å²) in [6.45, 7) is 3.90. The van der Waals surface area contributed by atoms with E-state index >= 15 is 0 Å². The third kappa shape index (κ3) is 6.93. The Morgan fingerprint density at radius 1 is 0.923 bits per heavy atom. The molecular formula is C20H26N2O4. The molecule has 2 aromatic rings. The smallest absolute Gasteiger partial charge is 0.314 e. The fourth-order valence-corrected chi connectivity index (χ4v) is 2.30. The summed E-state index contributed by atoms with van der Waals surface area (Å²) in [6.07, 6.45) is 0.735. The van der Waals surface area contributed by atoms with E-state index < -0.39 is 0 Å². The molecule has 0 fully saturated rings. The molecule has 0 saturated carbocycles. The molecule has 0 aliphatic rings. The minimum atomic E-state index is -0.218. The molecule has 6 heteroatoms. The zero-order chi connectivity index (χ0) is 18.6. The molecule has 0 radical (unpaired) electrons. The second-order valence-electron chi connectivity index (χ2n) is 5.70. The van der Waals surface area contributed by atoms with Crippen molar-refractivity contribution in [3.63, 3.8) is 0 Å². The van der Waals surface area contributed by atoms with Crippen molar-refractivity contribution in [1.82, 2.24) is 10.6 Å². The quantitative estimate of drug-likeness (QED) is 0.640. The number of rotatable bonds is 10. The maximum Gasteiger partial charge on any atom is 0.314 e. The molecule has 0 aliphatic carbocycles. The molecule has 0 aliphatic heterocycles. The van der Waals surface area contributed by atoms with Gasteiger partial charge in [0.1, 0.15) is 12.4 Å². The molecule has 2 rings (SSSR count). The van der Waals surface area contributed by atoms with Crippen LogP contribution >= 0.6 is 0 Å². The van der Waals surface area contributed by atoms with Gasteiger partial charge in [-0.1, -0.05) is 24.3 Å². The number of aryl methyl sites for hydroxylation is 1. The van der Waals surface area contributed by atoms with Crippen LogP contribution < -0.4 is 24.8 Å². The van der Waals surface area contributed by atoms with Crippen LogP contribution in [0.2, 0.25) is 0 Å². The van der Waals surface area contributed by atoms with E-state index in [1.807, 2.05) is 55.5 Å².